The van der Waals surface area contributed by atoms with Crippen molar-refractivity contribution in [3.05, 3.63) is 31.7 Å². The van der Waals surface area contributed by atoms with Gasteiger partial charge in [0.15, 0.2) is 0 Å². The van der Waals surface area contributed by atoms with Crippen molar-refractivity contribution in [1.82, 2.24) is 9.88 Å². The summed E-state index contributed by atoms with van der Waals surface area (Å²) >= 11 is -1.37. The maximum atomic E-state index is 12.4. The topological polar surface area (TPSA) is 48.5 Å². The van der Waals surface area contributed by atoms with E-state index >= 15 is 0 Å². The molecule has 3 aliphatic heterocycles. The normalized spacial score (nSPS) is 25.7. The molecule has 1 aromatic rings. The fraction of sp³-hybridized carbons (Fsp3) is 0.478. The Morgan fingerprint density at radius 3 is 2.72 bits per heavy atom. The number of hydrogen-bond acceptors (Lipinski definition) is 4. The van der Waals surface area contributed by atoms with E-state index in [-0.39, 0.29) is 11.8 Å². The second-order valence-corrected chi connectivity index (χ2v) is 13.1. The fourth-order valence-corrected chi connectivity index (χ4v) is 8.00. The molecule has 4 aliphatic rings. The number of fused-ring (bicyclic) bond motifs is 3. The Labute approximate surface area is 180 Å². The molecule has 2 atom stereocenters. The minimum atomic E-state index is -1.37. The molecule has 0 spiro atoms. The molecule has 1 aliphatic carbocycles. The van der Waals surface area contributed by atoms with Gasteiger partial charge < -0.3 is 0 Å². The first-order valence-electron chi connectivity index (χ1n) is 10.3. The number of halogens is 1. The first-order chi connectivity index (χ1) is 14.0. The molecule has 2 saturated heterocycles. The van der Waals surface area contributed by atoms with Crippen molar-refractivity contribution in [2.24, 2.45) is 5.92 Å². The van der Waals surface area contributed by atoms with Gasteiger partial charge in [-0.2, -0.15) is 0 Å². The summed E-state index contributed by atoms with van der Waals surface area (Å²) in [6.45, 7) is 6.14. The number of allylic oxidation sites excluding steroid dienone is 1. The molecule has 152 valence electrons. The Morgan fingerprint density at radius 1 is 1.34 bits per heavy atom. The van der Waals surface area contributed by atoms with E-state index in [1.54, 1.807) is 0 Å². The molecule has 1 amide bonds. The summed E-state index contributed by atoms with van der Waals surface area (Å²) in [4.78, 5) is 24.6. The Balaban J connectivity index is 1.46. The van der Waals surface area contributed by atoms with Gasteiger partial charge in [0, 0.05) is 0 Å². The van der Waals surface area contributed by atoms with Crippen LogP contribution in [0.2, 0.25) is 0 Å². The molecule has 5 rings (SSSR count). The van der Waals surface area contributed by atoms with Crippen LogP contribution in [-0.2, 0) is 4.79 Å². The molecule has 1 N–H and O–H groups in total. The number of amides is 1. The molecule has 2 bridgehead atoms. The van der Waals surface area contributed by atoms with E-state index in [2.05, 4.69) is 48.8 Å². The second kappa shape index (κ2) is 7.35. The van der Waals surface area contributed by atoms with Crippen LogP contribution in [0.1, 0.15) is 37.7 Å². The fourth-order valence-electron chi connectivity index (χ4n) is 4.75. The molecule has 1 saturated carbocycles. The number of nitrogens with one attached hydrogen (secondary N) is 1. The number of piperazine rings is 1. The number of pyridine rings is 1. The van der Waals surface area contributed by atoms with E-state index < -0.39 is 19.8 Å². The van der Waals surface area contributed by atoms with Crippen LogP contribution in [0.5, 0.6) is 0 Å². The van der Waals surface area contributed by atoms with Crippen LogP contribution < -0.4 is 10.2 Å². The molecule has 2 unspecified atom stereocenters. The number of anilines is 2. The van der Waals surface area contributed by atoms with Gasteiger partial charge in [0.2, 0.25) is 0 Å². The molecule has 29 heavy (non-hydrogen) atoms. The number of terminal acetylenes is 1. The van der Waals surface area contributed by atoms with Crippen molar-refractivity contribution in [1.29, 1.82) is 0 Å². The monoisotopic (exact) mass is 502 g/mol. The van der Waals surface area contributed by atoms with Crippen molar-refractivity contribution < 1.29 is 4.79 Å². The van der Waals surface area contributed by atoms with E-state index in [1.165, 1.54) is 27.8 Å². The molecular weight excluding hydrogens is 475 g/mol. The summed E-state index contributed by atoms with van der Waals surface area (Å²) in [5, 5.41) is 3.10. The van der Waals surface area contributed by atoms with Gasteiger partial charge >= 0.3 is 180 Å². The van der Waals surface area contributed by atoms with Crippen molar-refractivity contribution in [3.8, 4) is 12.3 Å². The second-order valence-electron chi connectivity index (χ2n) is 8.45. The molecule has 6 heteroatoms. The number of carbonyl (C=O) groups is 1. The summed E-state index contributed by atoms with van der Waals surface area (Å²) in [6.07, 6.45) is 12.8. The average molecular weight is 502 g/mol. The third kappa shape index (κ3) is 3.43. The predicted molar refractivity (Wildman–Crippen MR) is 127 cm³/mol. The first-order valence-corrected chi connectivity index (χ1v) is 14.8. The Bertz CT molecular complexity index is 931. The average Bonchev–Trinajstić information content (AvgIpc) is 3.45. The van der Waals surface area contributed by atoms with Crippen LogP contribution in [0.4, 0.5) is 11.5 Å². The van der Waals surface area contributed by atoms with E-state index in [1.807, 2.05) is 0 Å². The van der Waals surface area contributed by atoms with Gasteiger partial charge in [0.05, 0.1) is 0 Å². The SMILES string of the molecule is C#CCC(=C)N1CC2CCC(C1)N2c1cc(NC(=O)C2CC2)nc2c1C=CI2C. The number of rotatable bonds is 5. The van der Waals surface area contributed by atoms with E-state index in [0.717, 1.165) is 37.4 Å². The Morgan fingerprint density at radius 2 is 2.07 bits per heavy atom. The van der Waals surface area contributed by atoms with Gasteiger partial charge in [-0.3, -0.25) is 0 Å². The minimum absolute atomic E-state index is 0.129. The number of carbonyl (C=O) groups excluding carboxylic acids is 1. The standard InChI is InChI=1S/C23H27IN4O/c1-4-5-15(2)27-13-17-8-9-18(14-27)28(17)20-12-21(26-23(29)16-6-7-16)25-22-19(20)10-11-24(22)3/h1,10-12,16-18H,2,5-9,13-14H2,3H3,(H,25,26,29). The Hall–Kier alpha value is -2.01. The number of aromatic nitrogens is 1. The quantitative estimate of drug-likeness (QED) is 0.287. The molecular formula is C23H27IN4O. The van der Waals surface area contributed by atoms with Crippen molar-refractivity contribution in [2.75, 3.05) is 28.2 Å². The van der Waals surface area contributed by atoms with Crippen LogP contribution >= 0.6 is 19.8 Å². The number of hydrogen-bond donors (Lipinski definition) is 1. The molecule has 3 fully saturated rings. The predicted octanol–water partition coefficient (Wildman–Crippen LogP) is 3.91. The summed E-state index contributed by atoms with van der Waals surface area (Å²) in [7, 11) is 0. The van der Waals surface area contributed by atoms with E-state index in [9.17, 15) is 4.79 Å². The molecule has 1 aromatic heterocycles. The van der Waals surface area contributed by atoms with Gasteiger partial charge in [-0.05, 0) is 0 Å². The van der Waals surface area contributed by atoms with E-state index in [0.29, 0.717) is 18.5 Å². The molecule has 4 heterocycles. The van der Waals surface area contributed by atoms with Crippen molar-refractivity contribution in [2.45, 2.75) is 44.2 Å². The number of alkyl halides is 1. The Kier molecular flexibility index (Phi) is 4.81. The van der Waals surface area contributed by atoms with Gasteiger partial charge in [-0.1, -0.05) is 0 Å². The summed E-state index contributed by atoms with van der Waals surface area (Å²) < 4.78 is 3.60. The van der Waals surface area contributed by atoms with E-state index in [4.69, 9.17) is 11.4 Å². The van der Waals surface area contributed by atoms with Crippen LogP contribution in [0.3, 0.4) is 0 Å². The summed E-state index contributed by atoms with van der Waals surface area (Å²) in [5.41, 5.74) is 3.60. The third-order valence-electron chi connectivity index (χ3n) is 6.40. The van der Waals surface area contributed by atoms with Crippen LogP contribution in [-0.4, -0.2) is 45.9 Å². The van der Waals surface area contributed by atoms with Gasteiger partial charge in [-0.25, -0.2) is 0 Å². The van der Waals surface area contributed by atoms with Crippen LogP contribution in [0.15, 0.2) is 22.4 Å². The van der Waals surface area contributed by atoms with Crippen LogP contribution in [0.25, 0.3) is 6.08 Å². The van der Waals surface area contributed by atoms with Crippen LogP contribution in [0, 0.1) is 22.0 Å². The van der Waals surface area contributed by atoms with Crippen molar-refractivity contribution >= 4 is 43.3 Å². The zero-order chi connectivity index (χ0) is 20.1. The molecule has 5 nitrogen and oxygen atoms in total. The zero-order valence-corrected chi connectivity index (χ0v) is 19.0. The number of nitrogens with zero attached hydrogens (tertiary/aromatic N) is 3. The first kappa shape index (κ1) is 19.0. The van der Waals surface area contributed by atoms with Gasteiger partial charge in [0.25, 0.3) is 0 Å². The zero-order valence-electron chi connectivity index (χ0n) is 16.8. The number of likely N-dealkylation sites (tertiary alicyclic amines) is 1. The summed E-state index contributed by atoms with van der Waals surface area (Å²) in [6, 6.07) is 3.03. The van der Waals surface area contributed by atoms with Gasteiger partial charge in [-0.15, -0.1) is 0 Å². The summed E-state index contributed by atoms with van der Waals surface area (Å²) in [5.74, 6) is 3.78. The molecule has 0 aromatic carbocycles. The van der Waals surface area contributed by atoms with Crippen molar-refractivity contribution in [3.63, 3.8) is 0 Å². The third-order valence-corrected chi connectivity index (χ3v) is 10.3. The maximum absolute atomic E-state index is 12.4. The van der Waals surface area contributed by atoms with Gasteiger partial charge in [0.1, 0.15) is 0 Å². The molecule has 0 radical (unpaired) electrons.